The van der Waals surface area contributed by atoms with E-state index in [1.165, 1.54) is 62.8 Å². The van der Waals surface area contributed by atoms with Crippen LogP contribution in [0.2, 0.25) is 0 Å². The average Bonchev–Trinajstić information content (AvgIpc) is 2.97. The van der Waals surface area contributed by atoms with E-state index in [1.807, 2.05) is 13.8 Å². The van der Waals surface area contributed by atoms with Gasteiger partial charge < -0.3 is 18.8 Å². The second-order valence-corrected chi connectivity index (χ2v) is 12.8. The summed E-state index contributed by atoms with van der Waals surface area (Å²) in [5, 5.41) is 9.14. The van der Waals surface area contributed by atoms with E-state index in [4.69, 9.17) is 29.4 Å². The molecule has 13 heteroatoms. The van der Waals surface area contributed by atoms with Crippen LogP contribution < -0.4 is 13.7 Å². The molecule has 0 aliphatic carbocycles. The molecule has 0 aliphatic rings. The number of aromatic hydroxyl groups is 1. The fourth-order valence-corrected chi connectivity index (χ4v) is 4.89. The Balaban J connectivity index is 0.000000247. The highest BCUT2D eigenvalue weighted by molar-refractivity contribution is 8.13. The first kappa shape index (κ1) is 34.8. The van der Waals surface area contributed by atoms with E-state index < -0.39 is 19.2 Å². The van der Waals surface area contributed by atoms with Crippen LogP contribution in [0.1, 0.15) is 31.8 Å². The topological polar surface area (TPSA) is 150 Å². The molecule has 0 atom stereocenters. The molecule has 0 heterocycles. The van der Waals surface area contributed by atoms with Crippen LogP contribution in [0.4, 0.5) is 0 Å². The van der Waals surface area contributed by atoms with Gasteiger partial charge in [-0.05, 0) is 74.5 Å². The fraction of sp³-hybridized carbons (Fsp3) is 0.133. The van der Waals surface area contributed by atoms with Crippen molar-refractivity contribution in [3.05, 3.63) is 107 Å². The summed E-state index contributed by atoms with van der Waals surface area (Å²) in [4.78, 5) is 21.2. The van der Waals surface area contributed by atoms with Gasteiger partial charge in [-0.3, -0.25) is 9.59 Å². The fourth-order valence-electron chi connectivity index (χ4n) is 3.18. The van der Waals surface area contributed by atoms with Crippen LogP contribution in [0.5, 0.6) is 23.0 Å². The maximum absolute atomic E-state index is 12.2. The zero-order valence-corrected chi connectivity index (χ0v) is 25.9. The maximum atomic E-state index is 12.2. The molecule has 4 aromatic rings. The highest BCUT2D eigenvalue weighted by atomic mass is 35.7. The molecule has 1 N–H and O–H groups in total. The SMILES string of the molecule is COc1ccc(C=O)cc1O.COc1ccc(C=O)cc1OS(=O)(=O)c1ccc(C)cc1.Cc1ccc(S(=O)(=O)Cl)cc1. The third kappa shape index (κ3) is 10.7. The van der Waals surface area contributed by atoms with Crippen LogP contribution >= 0.6 is 10.7 Å². The molecule has 4 aromatic carbocycles. The summed E-state index contributed by atoms with van der Waals surface area (Å²) in [5.41, 5.74) is 2.68. The molecule has 0 radical (unpaired) electrons. The lowest BCUT2D eigenvalue weighted by Gasteiger charge is -2.11. The molecule has 0 unspecified atom stereocenters. The van der Waals surface area contributed by atoms with E-state index in [1.54, 1.807) is 36.4 Å². The molecule has 0 aliphatic heterocycles. The molecule has 10 nitrogen and oxygen atoms in total. The van der Waals surface area contributed by atoms with Crippen molar-refractivity contribution < 1.29 is 45.2 Å². The van der Waals surface area contributed by atoms with Crippen LogP contribution in [0.15, 0.2) is 94.7 Å². The number of aldehydes is 2. The van der Waals surface area contributed by atoms with Crippen LogP contribution in [0.3, 0.4) is 0 Å². The van der Waals surface area contributed by atoms with E-state index in [-0.39, 0.29) is 27.0 Å². The Morgan fingerprint density at radius 1 is 0.628 bits per heavy atom. The molecular weight excluding hydrogens is 620 g/mol. The summed E-state index contributed by atoms with van der Waals surface area (Å²) in [6.45, 7) is 3.73. The van der Waals surface area contributed by atoms with Gasteiger partial charge in [-0.15, -0.1) is 0 Å². The van der Waals surface area contributed by atoms with E-state index in [0.29, 0.717) is 29.4 Å². The first-order chi connectivity index (χ1) is 20.2. The Bertz CT molecular complexity index is 1750. The molecule has 0 amide bonds. The van der Waals surface area contributed by atoms with Gasteiger partial charge in [0.2, 0.25) is 0 Å². The minimum atomic E-state index is -3.98. The highest BCUT2D eigenvalue weighted by Crippen LogP contribution is 2.30. The van der Waals surface area contributed by atoms with Crippen molar-refractivity contribution in [1.82, 2.24) is 0 Å². The lowest BCUT2D eigenvalue weighted by molar-refractivity contribution is 0.111. The molecule has 0 saturated heterocycles. The predicted molar refractivity (Wildman–Crippen MR) is 162 cm³/mol. The summed E-state index contributed by atoms with van der Waals surface area (Å²) >= 11 is 0. The quantitative estimate of drug-likeness (QED) is 0.143. The molecule has 0 saturated carbocycles. The van der Waals surface area contributed by atoms with Crippen molar-refractivity contribution in [3.63, 3.8) is 0 Å². The van der Waals surface area contributed by atoms with E-state index >= 15 is 0 Å². The average molecular weight is 649 g/mol. The Kier molecular flexibility index (Phi) is 12.7. The number of methoxy groups -OCH3 is 2. The van der Waals surface area contributed by atoms with Gasteiger partial charge in [-0.25, -0.2) is 8.42 Å². The predicted octanol–water partition coefficient (Wildman–Crippen LogP) is 5.72. The lowest BCUT2D eigenvalue weighted by Crippen LogP contribution is -2.10. The standard InChI is InChI=1S/C15H14O5S.C8H8O3.C7H7ClO2S/c1-11-3-6-13(7-4-11)21(17,18)20-15-9-12(10-16)5-8-14(15)19-2;1-11-8-3-2-6(5-9)4-7(8)10;1-6-2-4-7(5-3-6)11(8,9)10/h3-10H,1-2H3;2-5,10H,1H3;2-5H,1H3. The number of halogens is 1. The van der Waals surface area contributed by atoms with Crippen molar-refractivity contribution in [2.45, 2.75) is 23.6 Å². The number of ether oxygens (including phenoxy) is 2. The van der Waals surface area contributed by atoms with E-state index in [9.17, 15) is 26.4 Å². The van der Waals surface area contributed by atoms with Crippen molar-refractivity contribution in [2.75, 3.05) is 14.2 Å². The Morgan fingerprint density at radius 3 is 1.49 bits per heavy atom. The number of carbonyl (C=O) groups excluding carboxylic acids is 2. The number of carbonyl (C=O) groups is 2. The smallest absolute Gasteiger partial charge is 0.339 e. The number of hydrogen-bond acceptors (Lipinski definition) is 10. The number of aryl methyl sites for hydroxylation is 2. The van der Waals surface area contributed by atoms with E-state index in [0.717, 1.165) is 11.1 Å². The number of rotatable bonds is 8. The zero-order chi connectivity index (χ0) is 32.2. The van der Waals surface area contributed by atoms with Gasteiger partial charge in [-0.1, -0.05) is 35.4 Å². The first-order valence-electron chi connectivity index (χ1n) is 12.2. The van der Waals surface area contributed by atoms with Crippen LogP contribution in [0.25, 0.3) is 0 Å². The monoisotopic (exact) mass is 648 g/mol. The highest BCUT2D eigenvalue weighted by Gasteiger charge is 2.19. The third-order valence-electron chi connectivity index (χ3n) is 5.47. The Hall–Kier alpha value is -4.39. The second kappa shape index (κ2) is 15.7. The van der Waals surface area contributed by atoms with Crippen molar-refractivity contribution in [3.8, 4) is 23.0 Å². The zero-order valence-electron chi connectivity index (χ0n) is 23.6. The molecule has 0 fully saturated rings. The number of phenolic OH excluding ortho intramolecular Hbond substituents is 1. The molecular formula is C30H29ClO10S2. The summed E-state index contributed by atoms with van der Waals surface area (Å²) in [5.74, 6) is 0.562. The lowest BCUT2D eigenvalue weighted by atomic mass is 10.2. The normalized spacial score (nSPS) is 10.6. The van der Waals surface area contributed by atoms with Crippen LogP contribution in [0, 0.1) is 13.8 Å². The van der Waals surface area contributed by atoms with Crippen molar-refractivity contribution in [1.29, 1.82) is 0 Å². The van der Waals surface area contributed by atoms with Crippen molar-refractivity contribution >= 4 is 42.4 Å². The number of hydrogen-bond donors (Lipinski definition) is 1. The van der Waals surface area contributed by atoms with Gasteiger partial charge >= 0.3 is 10.1 Å². The van der Waals surface area contributed by atoms with Gasteiger partial charge in [0, 0.05) is 21.8 Å². The van der Waals surface area contributed by atoms with Crippen molar-refractivity contribution in [2.24, 2.45) is 0 Å². The van der Waals surface area contributed by atoms with Gasteiger partial charge in [0.1, 0.15) is 17.5 Å². The molecule has 43 heavy (non-hydrogen) atoms. The van der Waals surface area contributed by atoms with E-state index in [2.05, 4.69) is 0 Å². The Labute approximate surface area is 255 Å². The second-order valence-electron chi connectivity index (χ2n) is 8.68. The molecule has 228 valence electrons. The number of phenols is 1. The molecule has 4 rings (SSSR count). The summed E-state index contributed by atoms with van der Waals surface area (Å²) in [7, 11) is 0.396. The molecule has 0 aromatic heterocycles. The van der Waals surface area contributed by atoms with Crippen LogP contribution in [-0.2, 0) is 19.2 Å². The third-order valence-corrected chi connectivity index (χ3v) is 8.09. The summed E-state index contributed by atoms with van der Waals surface area (Å²) in [6.07, 6.45) is 1.27. The van der Waals surface area contributed by atoms with Gasteiger partial charge in [0.25, 0.3) is 9.05 Å². The molecule has 0 spiro atoms. The summed E-state index contributed by atoms with van der Waals surface area (Å²) in [6, 6.07) is 21.4. The van der Waals surface area contributed by atoms with Gasteiger partial charge in [-0.2, -0.15) is 8.42 Å². The maximum Gasteiger partial charge on any atom is 0.339 e. The minimum absolute atomic E-state index is 0.0166. The Morgan fingerprint density at radius 2 is 1.07 bits per heavy atom. The largest absolute Gasteiger partial charge is 0.504 e. The number of benzene rings is 4. The van der Waals surface area contributed by atoms with Gasteiger partial charge in [0.15, 0.2) is 23.0 Å². The minimum Gasteiger partial charge on any atom is -0.504 e. The molecule has 0 bridgehead atoms. The van der Waals surface area contributed by atoms with Crippen LogP contribution in [-0.4, -0.2) is 48.7 Å². The summed E-state index contributed by atoms with van der Waals surface area (Å²) < 4.78 is 60.7. The van der Waals surface area contributed by atoms with Gasteiger partial charge in [0.05, 0.1) is 19.1 Å². The first-order valence-corrected chi connectivity index (χ1v) is 15.9.